The van der Waals surface area contributed by atoms with E-state index >= 15 is 0 Å². The van der Waals surface area contributed by atoms with Crippen molar-refractivity contribution in [1.29, 1.82) is 0 Å². The monoisotopic (exact) mass is 374 g/mol. The highest BCUT2D eigenvalue weighted by atomic mass is 35.5. The molecule has 1 aromatic carbocycles. The molecule has 0 radical (unpaired) electrons. The van der Waals surface area contributed by atoms with E-state index in [-0.39, 0.29) is 30.7 Å². The second-order valence-corrected chi connectivity index (χ2v) is 5.75. The Hall–Kier alpha value is -1.30. The molecule has 2 aromatic rings. The molecule has 0 saturated carbocycles. The number of benzene rings is 1. The minimum atomic E-state index is -0.438. The summed E-state index contributed by atoms with van der Waals surface area (Å²) in [5, 5.41) is 3.04. The van der Waals surface area contributed by atoms with Crippen molar-refractivity contribution in [3.05, 3.63) is 30.1 Å². The Labute approximate surface area is 156 Å². The Kier molecular flexibility index (Phi) is 9.33. The van der Waals surface area contributed by atoms with Crippen LogP contribution in [0.1, 0.15) is 32.5 Å². The van der Waals surface area contributed by atoms with Gasteiger partial charge < -0.3 is 15.6 Å². The molecule has 0 aliphatic rings. The molecular formula is C17H28Cl2N4O. The molecule has 0 spiro atoms. The number of rotatable bonds is 7. The number of para-hydroxylation sites is 2. The van der Waals surface area contributed by atoms with Gasteiger partial charge in [-0.15, -0.1) is 24.8 Å². The average Bonchev–Trinajstić information content (AvgIpc) is 2.85. The summed E-state index contributed by atoms with van der Waals surface area (Å²) in [6.07, 6.45) is 1.53. The van der Waals surface area contributed by atoms with Gasteiger partial charge in [0.25, 0.3) is 0 Å². The summed E-state index contributed by atoms with van der Waals surface area (Å²) in [5.74, 6) is 1.02. The molecule has 3 N–H and O–H groups in total. The lowest BCUT2D eigenvalue weighted by Crippen LogP contribution is -2.46. The fraction of sp³-hybridized carbons (Fsp3) is 0.529. The van der Waals surface area contributed by atoms with Crippen LogP contribution in [0.25, 0.3) is 11.0 Å². The van der Waals surface area contributed by atoms with E-state index in [4.69, 9.17) is 5.73 Å². The summed E-state index contributed by atoms with van der Waals surface area (Å²) in [6.45, 7) is 7.71. The number of nitrogens with zero attached hydrogens (tertiary/aromatic N) is 2. The van der Waals surface area contributed by atoms with Crippen molar-refractivity contribution in [2.45, 2.75) is 40.2 Å². The highest BCUT2D eigenvalue weighted by Gasteiger charge is 2.32. The molecule has 1 heterocycles. The van der Waals surface area contributed by atoms with Gasteiger partial charge in [0.15, 0.2) is 0 Å². The molecule has 2 rings (SSSR count). The zero-order valence-corrected chi connectivity index (χ0v) is 16.2. The number of hydrogen-bond donors (Lipinski definition) is 2. The van der Waals surface area contributed by atoms with Gasteiger partial charge in [0, 0.05) is 19.6 Å². The number of nitrogens with two attached hydrogens (primary N) is 1. The van der Waals surface area contributed by atoms with Crippen LogP contribution in [0, 0.1) is 12.3 Å². The van der Waals surface area contributed by atoms with E-state index < -0.39 is 5.41 Å². The van der Waals surface area contributed by atoms with E-state index in [2.05, 4.69) is 20.9 Å². The number of nitrogens with one attached hydrogen (secondary N) is 1. The Morgan fingerprint density at radius 1 is 1.25 bits per heavy atom. The van der Waals surface area contributed by atoms with Crippen molar-refractivity contribution in [1.82, 2.24) is 14.9 Å². The van der Waals surface area contributed by atoms with Crippen molar-refractivity contribution in [2.24, 2.45) is 11.1 Å². The molecule has 0 saturated heterocycles. The Bertz CT molecular complexity index is 645. The third-order valence-corrected chi connectivity index (χ3v) is 4.69. The first kappa shape index (κ1) is 22.7. The van der Waals surface area contributed by atoms with Crippen LogP contribution in [-0.2, 0) is 11.3 Å². The smallest absolute Gasteiger partial charge is 0.227 e. The normalized spacial score (nSPS) is 10.8. The van der Waals surface area contributed by atoms with Gasteiger partial charge in [-0.05, 0) is 31.9 Å². The molecule has 1 aromatic heterocycles. The van der Waals surface area contributed by atoms with Gasteiger partial charge in [-0.25, -0.2) is 4.98 Å². The summed E-state index contributed by atoms with van der Waals surface area (Å²) < 4.78 is 2.14. The first-order valence-corrected chi connectivity index (χ1v) is 7.98. The number of hydrogen-bond acceptors (Lipinski definition) is 3. The molecule has 136 valence electrons. The van der Waals surface area contributed by atoms with Crippen LogP contribution in [0.2, 0.25) is 0 Å². The first-order chi connectivity index (χ1) is 10.6. The number of carbonyl (C=O) groups is 1. The van der Waals surface area contributed by atoms with Gasteiger partial charge in [0.1, 0.15) is 5.82 Å². The summed E-state index contributed by atoms with van der Waals surface area (Å²) in [6, 6.07) is 8.05. The standard InChI is InChI=1S/C17H26N4O.2ClH/c1-4-17(5-2,12-18)16(22)19-10-11-21-13(3)20-14-8-6-7-9-15(14)21;;/h6-9H,4-5,10-12,18H2,1-3H3,(H,19,22);2*1H. The van der Waals surface area contributed by atoms with Crippen LogP contribution < -0.4 is 11.1 Å². The fourth-order valence-electron chi connectivity index (χ4n) is 2.90. The molecule has 0 fully saturated rings. The molecule has 1 amide bonds. The summed E-state index contributed by atoms with van der Waals surface area (Å²) in [4.78, 5) is 17.0. The zero-order chi connectivity index (χ0) is 16.2. The number of carbonyl (C=O) groups excluding carboxylic acids is 1. The lowest BCUT2D eigenvalue weighted by molar-refractivity contribution is -0.131. The van der Waals surface area contributed by atoms with E-state index in [1.165, 1.54) is 0 Å². The fourth-order valence-corrected chi connectivity index (χ4v) is 2.90. The van der Waals surface area contributed by atoms with Crippen molar-refractivity contribution >= 4 is 41.8 Å². The predicted molar refractivity (Wildman–Crippen MR) is 104 cm³/mol. The molecule has 24 heavy (non-hydrogen) atoms. The van der Waals surface area contributed by atoms with E-state index in [0.29, 0.717) is 19.6 Å². The number of halogens is 2. The Morgan fingerprint density at radius 3 is 2.46 bits per heavy atom. The van der Waals surface area contributed by atoms with E-state index in [1.807, 2.05) is 39.0 Å². The van der Waals surface area contributed by atoms with E-state index in [9.17, 15) is 4.79 Å². The highest BCUT2D eigenvalue weighted by Crippen LogP contribution is 2.24. The second-order valence-electron chi connectivity index (χ2n) is 5.75. The summed E-state index contributed by atoms with van der Waals surface area (Å²) in [7, 11) is 0. The maximum Gasteiger partial charge on any atom is 0.227 e. The van der Waals surface area contributed by atoms with Gasteiger partial charge in [-0.1, -0.05) is 26.0 Å². The maximum atomic E-state index is 12.4. The van der Waals surface area contributed by atoms with Crippen molar-refractivity contribution in [2.75, 3.05) is 13.1 Å². The van der Waals surface area contributed by atoms with Crippen LogP contribution in [0.15, 0.2) is 24.3 Å². The lowest BCUT2D eigenvalue weighted by atomic mass is 9.81. The maximum absolute atomic E-state index is 12.4. The van der Waals surface area contributed by atoms with E-state index in [1.54, 1.807) is 0 Å². The largest absolute Gasteiger partial charge is 0.354 e. The molecule has 0 aliphatic heterocycles. The van der Waals surface area contributed by atoms with E-state index in [0.717, 1.165) is 29.7 Å². The lowest BCUT2D eigenvalue weighted by Gasteiger charge is -2.28. The number of amides is 1. The van der Waals surface area contributed by atoms with Crippen LogP contribution in [0.5, 0.6) is 0 Å². The topological polar surface area (TPSA) is 72.9 Å². The minimum absolute atomic E-state index is 0. The van der Waals surface area contributed by atoms with Crippen molar-refractivity contribution in [3.8, 4) is 0 Å². The van der Waals surface area contributed by atoms with Crippen LogP contribution in [0.3, 0.4) is 0 Å². The van der Waals surface area contributed by atoms with Crippen LogP contribution in [0.4, 0.5) is 0 Å². The molecule has 0 unspecified atom stereocenters. The van der Waals surface area contributed by atoms with Gasteiger partial charge in [-0.2, -0.15) is 0 Å². The summed E-state index contributed by atoms with van der Waals surface area (Å²) >= 11 is 0. The van der Waals surface area contributed by atoms with Gasteiger partial charge in [-0.3, -0.25) is 4.79 Å². The quantitative estimate of drug-likeness (QED) is 0.781. The van der Waals surface area contributed by atoms with Gasteiger partial charge in [0.2, 0.25) is 5.91 Å². The third kappa shape index (κ3) is 4.41. The van der Waals surface area contributed by atoms with Crippen LogP contribution >= 0.6 is 24.8 Å². The molecule has 5 nitrogen and oxygen atoms in total. The Balaban J connectivity index is 0.00000264. The third-order valence-electron chi connectivity index (χ3n) is 4.69. The average molecular weight is 375 g/mol. The minimum Gasteiger partial charge on any atom is -0.354 e. The van der Waals surface area contributed by atoms with Crippen molar-refractivity contribution in [3.63, 3.8) is 0 Å². The predicted octanol–water partition coefficient (Wildman–Crippen LogP) is 3.07. The molecule has 7 heteroatoms. The van der Waals surface area contributed by atoms with Gasteiger partial charge >= 0.3 is 0 Å². The molecular weight excluding hydrogens is 347 g/mol. The molecule has 0 bridgehead atoms. The number of fused-ring (bicyclic) bond motifs is 1. The number of imidazole rings is 1. The SMILES string of the molecule is CCC(CC)(CN)C(=O)NCCn1c(C)nc2ccccc21.Cl.Cl. The number of aromatic nitrogens is 2. The second kappa shape index (κ2) is 9.87. The van der Waals surface area contributed by atoms with Crippen LogP contribution in [-0.4, -0.2) is 28.5 Å². The first-order valence-electron chi connectivity index (χ1n) is 7.98. The van der Waals surface area contributed by atoms with Gasteiger partial charge in [0.05, 0.1) is 16.4 Å². The van der Waals surface area contributed by atoms with Crippen molar-refractivity contribution < 1.29 is 4.79 Å². The zero-order valence-electron chi connectivity index (χ0n) is 14.5. The Morgan fingerprint density at radius 2 is 1.88 bits per heavy atom. The molecule has 0 aliphatic carbocycles. The number of aryl methyl sites for hydroxylation is 1. The summed E-state index contributed by atoms with van der Waals surface area (Å²) in [5.41, 5.74) is 7.47. The highest BCUT2D eigenvalue weighted by molar-refractivity contribution is 5.85. The molecule has 0 atom stereocenters.